The van der Waals surface area contributed by atoms with E-state index in [0.29, 0.717) is 6.04 Å². The molecule has 2 unspecified atom stereocenters. The Morgan fingerprint density at radius 3 is 2.52 bits per heavy atom. The van der Waals surface area contributed by atoms with Crippen molar-refractivity contribution in [3.8, 4) is 0 Å². The van der Waals surface area contributed by atoms with Crippen LogP contribution in [0.4, 0.5) is 0 Å². The lowest BCUT2D eigenvalue weighted by Gasteiger charge is -2.38. The van der Waals surface area contributed by atoms with Gasteiger partial charge in [0.1, 0.15) is 0 Å². The van der Waals surface area contributed by atoms with Crippen LogP contribution in [-0.4, -0.2) is 45.8 Å². The van der Waals surface area contributed by atoms with Crippen molar-refractivity contribution < 1.29 is 4.79 Å². The Morgan fingerprint density at radius 2 is 1.92 bits per heavy atom. The number of nitrogens with zero attached hydrogens (tertiary/aromatic N) is 3. The van der Waals surface area contributed by atoms with Crippen LogP contribution in [0.1, 0.15) is 41.2 Å². The number of halogens is 1. The van der Waals surface area contributed by atoms with Crippen LogP contribution in [0, 0.1) is 13.8 Å². The lowest BCUT2D eigenvalue weighted by atomic mass is 10.0. The second-order valence-corrected chi connectivity index (χ2v) is 6.76. The summed E-state index contributed by atoms with van der Waals surface area (Å²) in [5.74, 6) is 0.119. The summed E-state index contributed by atoms with van der Waals surface area (Å²) in [5, 5.41) is 7.90. The third-order valence-electron chi connectivity index (χ3n) is 4.93. The van der Waals surface area contributed by atoms with E-state index in [4.69, 9.17) is 0 Å². The summed E-state index contributed by atoms with van der Waals surface area (Å²) in [6.07, 6.45) is 0. The van der Waals surface area contributed by atoms with Gasteiger partial charge in [0.05, 0.1) is 12.2 Å². The summed E-state index contributed by atoms with van der Waals surface area (Å²) in [4.78, 5) is 14.7. The van der Waals surface area contributed by atoms with Gasteiger partial charge in [0.2, 0.25) is 0 Å². The minimum atomic E-state index is 0. The quantitative estimate of drug-likeness (QED) is 0.913. The Labute approximate surface area is 155 Å². The van der Waals surface area contributed by atoms with Gasteiger partial charge < -0.3 is 10.2 Å². The van der Waals surface area contributed by atoms with Gasteiger partial charge in [-0.2, -0.15) is 5.10 Å². The SMILES string of the molecule is Cc1cc(C)n(Cc2ccc(C(=O)N3CCNC(C)C3C)cc2)n1.Cl. The smallest absolute Gasteiger partial charge is 0.254 e. The summed E-state index contributed by atoms with van der Waals surface area (Å²) in [7, 11) is 0. The Hall–Kier alpha value is -1.85. The minimum Gasteiger partial charge on any atom is -0.333 e. The van der Waals surface area contributed by atoms with Crippen LogP contribution in [-0.2, 0) is 6.54 Å². The largest absolute Gasteiger partial charge is 0.333 e. The number of aromatic nitrogens is 2. The van der Waals surface area contributed by atoms with Crippen molar-refractivity contribution in [1.82, 2.24) is 20.0 Å². The maximum Gasteiger partial charge on any atom is 0.254 e. The molecule has 0 bridgehead atoms. The number of aryl methyl sites for hydroxylation is 2. The first-order valence-electron chi connectivity index (χ1n) is 8.60. The Kier molecular flexibility index (Phi) is 6.25. The molecule has 1 aliphatic rings. The van der Waals surface area contributed by atoms with E-state index in [2.05, 4.69) is 37.3 Å². The van der Waals surface area contributed by atoms with E-state index in [1.165, 1.54) is 0 Å². The third kappa shape index (κ3) is 4.22. The van der Waals surface area contributed by atoms with Crippen molar-refractivity contribution in [2.45, 2.75) is 46.3 Å². The van der Waals surface area contributed by atoms with Gasteiger partial charge in [0, 0.05) is 36.4 Å². The van der Waals surface area contributed by atoms with E-state index >= 15 is 0 Å². The molecule has 25 heavy (non-hydrogen) atoms. The molecule has 2 heterocycles. The normalized spacial score (nSPS) is 20.2. The van der Waals surface area contributed by atoms with Crippen molar-refractivity contribution >= 4 is 18.3 Å². The maximum absolute atomic E-state index is 12.8. The van der Waals surface area contributed by atoms with Gasteiger partial charge in [-0.3, -0.25) is 9.48 Å². The van der Waals surface area contributed by atoms with Crippen LogP contribution in [0.25, 0.3) is 0 Å². The maximum atomic E-state index is 12.8. The summed E-state index contributed by atoms with van der Waals surface area (Å²) < 4.78 is 1.99. The van der Waals surface area contributed by atoms with Crippen molar-refractivity contribution in [2.24, 2.45) is 0 Å². The number of rotatable bonds is 3. The molecule has 136 valence electrons. The molecule has 0 radical (unpaired) electrons. The van der Waals surface area contributed by atoms with Crippen LogP contribution in [0.2, 0.25) is 0 Å². The molecule has 1 aliphatic heterocycles. The number of piperazine rings is 1. The molecule has 1 N–H and O–H groups in total. The van der Waals surface area contributed by atoms with Crippen molar-refractivity contribution in [3.63, 3.8) is 0 Å². The monoisotopic (exact) mass is 362 g/mol. The van der Waals surface area contributed by atoms with E-state index in [1.54, 1.807) is 0 Å². The standard InChI is InChI=1S/C19H26N4O.ClH/c1-13-11-14(2)23(21-13)12-17-5-7-18(8-6-17)19(24)22-10-9-20-15(3)16(22)4;/h5-8,11,15-16,20H,9-10,12H2,1-4H3;1H. The highest BCUT2D eigenvalue weighted by Crippen LogP contribution is 2.15. The molecule has 2 atom stereocenters. The highest BCUT2D eigenvalue weighted by Gasteiger charge is 2.28. The predicted octanol–water partition coefficient (Wildman–Crippen LogP) is 2.79. The fourth-order valence-corrected chi connectivity index (χ4v) is 3.27. The third-order valence-corrected chi connectivity index (χ3v) is 4.93. The second-order valence-electron chi connectivity index (χ2n) is 6.76. The second kappa shape index (κ2) is 8.02. The number of hydrogen-bond donors (Lipinski definition) is 1. The van der Waals surface area contributed by atoms with E-state index in [9.17, 15) is 4.79 Å². The first kappa shape index (κ1) is 19.5. The van der Waals surface area contributed by atoms with Gasteiger partial charge in [-0.25, -0.2) is 0 Å². The summed E-state index contributed by atoms with van der Waals surface area (Å²) in [6, 6.07) is 10.5. The molecule has 0 saturated carbocycles. The van der Waals surface area contributed by atoms with Crippen molar-refractivity contribution in [3.05, 3.63) is 52.8 Å². The zero-order chi connectivity index (χ0) is 17.3. The Balaban J connectivity index is 0.00000225. The average molecular weight is 363 g/mol. The Morgan fingerprint density at radius 1 is 1.24 bits per heavy atom. The van der Waals surface area contributed by atoms with Crippen LogP contribution in [0.3, 0.4) is 0 Å². The van der Waals surface area contributed by atoms with Gasteiger partial charge in [0.25, 0.3) is 5.91 Å². The topological polar surface area (TPSA) is 50.2 Å². The molecule has 1 aromatic heterocycles. The first-order chi connectivity index (χ1) is 11.5. The van der Waals surface area contributed by atoms with Crippen LogP contribution in [0.15, 0.2) is 30.3 Å². The highest BCUT2D eigenvalue weighted by molar-refractivity contribution is 5.94. The Bertz CT molecular complexity index is 726. The van der Waals surface area contributed by atoms with Gasteiger partial charge >= 0.3 is 0 Å². The molecule has 0 aliphatic carbocycles. The molecule has 1 amide bonds. The van der Waals surface area contributed by atoms with Crippen molar-refractivity contribution in [1.29, 1.82) is 0 Å². The van der Waals surface area contributed by atoms with Gasteiger partial charge in [-0.1, -0.05) is 12.1 Å². The zero-order valence-electron chi connectivity index (χ0n) is 15.3. The molecule has 0 spiro atoms. The molecule has 6 heteroatoms. The molecular formula is C19H27ClN4O. The molecular weight excluding hydrogens is 336 g/mol. The van der Waals surface area contributed by atoms with Gasteiger partial charge in [-0.15, -0.1) is 12.4 Å². The molecule has 2 aromatic rings. The zero-order valence-corrected chi connectivity index (χ0v) is 16.1. The number of amides is 1. The van der Waals surface area contributed by atoms with Crippen LogP contribution >= 0.6 is 12.4 Å². The lowest BCUT2D eigenvalue weighted by molar-refractivity contribution is 0.0603. The van der Waals surface area contributed by atoms with E-state index in [-0.39, 0.29) is 24.4 Å². The molecule has 1 fully saturated rings. The molecule has 3 rings (SSSR count). The molecule has 5 nitrogen and oxygen atoms in total. The number of hydrogen-bond acceptors (Lipinski definition) is 3. The lowest BCUT2D eigenvalue weighted by Crippen LogP contribution is -2.57. The minimum absolute atomic E-state index is 0. The number of carbonyl (C=O) groups excluding carboxylic acids is 1. The van der Waals surface area contributed by atoms with E-state index in [0.717, 1.165) is 42.1 Å². The van der Waals surface area contributed by atoms with E-state index in [1.807, 2.05) is 40.8 Å². The van der Waals surface area contributed by atoms with Crippen molar-refractivity contribution in [2.75, 3.05) is 13.1 Å². The first-order valence-corrected chi connectivity index (χ1v) is 8.60. The number of benzene rings is 1. The number of nitrogens with one attached hydrogen (secondary N) is 1. The summed E-state index contributed by atoms with van der Waals surface area (Å²) in [5.41, 5.74) is 4.09. The van der Waals surface area contributed by atoms with Gasteiger partial charge in [-0.05, 0) is 51.5 Å². The average Bonchev–Trinajstić information content (AvgIpc) is 2.87. The van der Waals surface area contributed by atoms with Gasteiger partial charge in [0.15, 0.2) is 0 Å². The fourth-order valence-electron chi connectivity index (χ4n) is 3.27. The summed E-state index contributed by atoms with van der Waals surface area (Å²) in [6.45, 7) is 10.6. The van der Waals surface area contributed by atoms with E-state index < -0.39 is 0 Å². The number of carbonyl (C=O) groups is 1. The highest BCUT2D eigenvalue weighted by atomic mass is 35.5. The molecule has 1 aromatic carbocycles. The van der Waals surface area contributed by atoms with Crippen LogP contribution < -0.4 is 5.32 Å². The summed E-state index contributed by atoms with van der Waals surface area (Å²) >= 11 is 0. The predicted molar refractivity (Wildman–Crippen MR) is 102 cm³/mol. The van der Waals surface area contributed by atoms with Crippen LogP contribution in [0.5, 0.6) is 0 Å². The molecule has 1 saturated heterocycles. The fraction of sp³-hybridized carbons (Fsp3) is 0.474.